The van der Waals surface area contributed by atoms with Crippen LogP contribution >= 0.6 is 11.6 Å². The number of halogens is 1. The van der Waals surface area contributed by atoms with Crippen molar-refractivity contribution in [2.75, 3.05) is 17.7 Å². The summed E-state index contributed by atoms with van der Waals surface area (Å²) in [7, 11) is 1.51. The first-order valence-electron chi connectivity index (χ1n) is 8.60. The van der Waals surface area contributed by atoms with Crippen LogP contribution in [0.1, 0.15) is 26.3 Å². The molecule has 142 valence electrons. The lowest BCUT2D eigenvalue weighted by molar-refractivity contribution is 0.101. The van der Waals surface area contributed by atoms with Gasteiger partial charge in [-0.15, -0.1) is 0 Å². The van der Waals surface area contributed by atoms with E-state index in [0.29, 0.717) is 33.3 Å². The summed E-state index contributed by atoms with van der Waals surface area (Å²) < 4.78 is 5.27. The van der Waals surface area contributed by atoms with Gasteiger partial charge in [-0.1, -0.05) is 29.8 Å². The van der Waals surface area contributed by atoms with E-state index in [1.54, 1.807) is 48.5 Å². The molecule has 2 amide bonds. The molecule has 5 nitrogen and oxygen atoms in total. The molecule has 3 aromatic rings. The Labute approximate surface area is 168 Å². The summed E-state index contributed by atoms with van der Waals surface area (Å²) >= 11 is 6.09. The van der Waals surface area contributed by atoms with Crippen molar-refractivity contribution in [2.45, 2.75) is 6.92 Å². The van der Waals surface area contributed by atoms with Gasteiger partial charge in [0.25, 0.3) is 11.8 Å². The largest absolute Gasteiger partial charge is 0.495 e. The summed E-state index contributed by atoms with van der Waals surface area (Å²) in [6.07, 6.45) is 0. The van der Waals surface area contributed by atoms with Crippen LogP contribution in [-0.2, 0) is 0 Å². The number of benzene rings is 3. The highest BCUT2D eigenvalue weighted by Crippen LogP contribution is 2.31. The van der Waals surface area contributed by atoms with E-state index in [9.17, 15) is 9.59 Å². The molecule has 0 aliphatic carbocycles. The lowest BCUT2D eigenvalue weighted by Crippen LogP contribution is -2.15. The topological polar surface area (TPSA) is 67.4 Å². The number of hydrogen-bond donors (Lipinski definition) is 2. The summed E-state index contributed by atoms with van der Waals surface area (Å²) in [5.74, 6) is -0.0778. The zero-order valence-corrected chi connectivity index (χ0v) is 16.2. The van der Waals surface area contributed by atoms with Gasteiger partial charge in [0.05, 0.1) is 12.8 Å². The molecule has 0 aliphatic rings. The predicted molar refractivity (Wildman–Crippen MR) is 112 cm³/mol. The van der Waals surface area contributed by atoms with Gasteiger partial charge in [-0.3, -0.25) is 9.59 Å². The summed E-state index contributed by atoms with van der Waals surface area (Å²) in [6.45, 7) is 1.84. The number of anilines is 2. The molecule has 3 aromatic carbocycles. The van der Waals surface area contributed by atoms with Gasteiger partial charge in [-0.2, -0.15) is 0 Å². The number of para-hydroxylation sites is 1. The normalized spacial score (nSPS) is 10.2. The zero-order valence-electron chi connectivity index (χ0n) is 15.5. The first kappa shape index (κ1) is 19.5. The number of carbonyl (C=O) groups excluding carboxylic acids is 2. The molecule has 0 atom stereocenters. The summed E-state index contributed by atoms with van der Waals surface area (Å²) in [6, 6.07) is 19.0. The molecule has 0 bridgehead atoms. The van der Waals surface area contributed by atoms with Crippen LogP contribution in [0.15, 0.2) is 66.7 Å². The van der Waals surface area contributed by atoms with E-state index in [-0.39, 0.29) is 11.8 Å². The smallest absolute Gasteiger partial charge is 0.255 e. The third-order valence-electron chi connectivity index (χ3n) is 4.17. The van der Waals surface area contributed by atoms with E-state index in [2.05, 4.69) is 10.6 Å². The van der Waals surface area contributed by atoms with Crippen LogP contribution in [0.25, 0.3) is 0 Å². The average molecular weight is 395 g/mol. The number of hydrogen-bond acceptors (Lipinski definition) is 3. The maximum absolute atomic E-state index is 12.6. The third kappa shape index (κ3) is 4.50. The molecule has 28 heavy (non-hydrogen) atoms. The minimum Gasteiger partial charge on any atom is -0.495 e. The number of amides is 2. The minimum atomic E-state index is -0.310. The summed E-state index contributed by atoms with van der Waals surface area (Å²) in [5, 5.41) is 6.17. The summed E-state index contributed by atoms with van der Waals surface area (Å²) in [5.41, 5.74) is 2.94. The Morgan fingerprint density at radius 3 is 2.00 bits per heavy atom. The first-order valence-corrected chi connectivity index (χ1v) is 8.97. The first-order chi connectivity index (χ1) is 13.5. The van der Waals surface area contributed by atoms with E-state index in [1.807, 2.05) is 25.1 Å². The fraction of sp³-hybridized carbons (Fsp3) is 0.0909. The molecular formula is C22H19ClN2O3. The molecule has 0 saturated heterocycles. The van der Waals surface area contributed by atoms with Crippen molar-refractivity contribution in [3.63, 3.8) is 0 Å². The number of aryl methyl sites for hydroxylation is 1. The standard InChI is InChI=1S/C22H19ClN2O3/c1-14-12-19(20(28-2)13-18(14)23)25-22(27)16-10-8-15(9-11-16)21(26)24-17-6-4-3-5-7-17/h3-13H,1-2H3,(H,24,26)(H,25,27). The monoisotopic (exact) mass is 394 g/mol. The second kappa shape index (κ2) is 8.59. The molecule has 0 fully saturated rings. The van der Waals surface area contributed by atoms with Gasteiger partial charge in [0.15, 0.2) is 0 Å². The second-order valence-electron chi connectivity index (χ2n) is 6.15. The van der Waals surface area contributed by atoms with E-state index >= 15 is 0 Å². The molecule has 0 aromatic heterocycles. The molecule has 0 heterocycles. The van der Waals surface area contributed by atoms with Crippen molar-refractivity contribution in [3.05, 3.63) is 88.4 Å². The number of nitrogens with one attached hydrogen (secondary N) is 2. The Morgan fingerprint density at radius 2 is 1.43 bits per heavy atom. The van der Waals surface area contributed by atoms with Crippen LogP contribution in [0, 0.1) is 6.92 Å². The maximum Gasteiger partial charge on any atom is 0.255 e. The Balaban J connectivity index is 1.72. The molecule has 2 N–H and O–H groups in total. The predicted octanol–water partition coefficient (Wildman–Crippen LogP) is 5.16. The van der Waals surface area contributed by atoms with Crippen LogP contribution in [0.4, 0.5) is 11.4 Å². The highest BCUT2D eigenvalue weighted by Gasteiger charge is 2.13. The quantitative estimate of drug-likeness (QED) is 0.628. The molecule has 0 aliphatic heterocycles. The van der Waals surface area contributed by atoms with Gasteiger partial charge >= 0.3 is 0 Å². The maximum atomic E-state index is 12.6. The van der Waals surface area contributed by atoms with Crippen LogP contribution < -0.4 is 15.4 Å². The average Bonchev–Trinajstić information content (AvgIpc) is 2.71. The van der Waals surface area contributed by atoms with E-state index in [0.717, 1.165) is 5.56 Å². The van der Waals surface area contributed by atoms with Crippen molar-refractivity contribution < 1.29 is 14.3 Å². The number of ether oxygens (including phenoxy) is 1. The Hall–Kier alpha value is -3.31. The van der Waals surface area contributed by atoms with E-state index in [4.69, 9.17) is 16.3 Å². The molecule has 3 rings (SSSR count). The Morgan fingerprint density at radius 1 is 0.857 bits per heavy atom. The highest BCUT2D eigenvalue weighted by atomic mass is 35.5. The van der Waals surface area contributed by atoms with E-state index < -0.39 is 0 Å². The molecule has 6 heteroatoms. The molecule has 0 saturated carbocycles. The lowest BCUT2D eigenvalue weighted by Gasteiger charge is -2.12. The third-order valence-corrected chi connectivity index (χ3v) is 4.58. The van der Waals surface area contributed by atoms with Gasteiger partial charge in [0, 0.05) is 27.9 Å². The van der Waals surface area contributed by atoms with Gasteiger partial charge < -0.3 is 15.4 Å². The molecule has 0 spiro atoms. The SMILES string of the molecule is COc1cc(Cl)c(C)cc1NC(=O)c1ccc(C(=O)Nc2ccccc2)cc1. The van der Waals surface area contributed by atoms with Crippen molar-refractivity contribution in [2.24, 2.45) is 0 Å². The zero-order chi connectivity index (χ0) is 20.1. The number of carbonyl (C=O) groups is 2. The Kier molecular flexibility index (Phi) is 5.96. The van der Waals surface area contributed by atoms with Crippen molar-refractivity contribution in [3.8, 4) is 5.75 Å². The van der Waals surface area contributed by atoms with E-state index in [1.165, 1.54) is 7.11 Å². The molecule has 0 unspecified atom stereocenters. The van der Waals surface area contributed by atoms with Crippen LogP contribution in [0.3, 0.4) is 0 Å². The minimum absolute atomic E-state index is 0.242. The fourth-order valence-corrected chi connectivity index (χ4v) is 2.78. The van der Waals surface area contributed by atoms with Crippen LogP contribution in [0.2, 0.25) is 5.02 Å². The van der Waals surface area contributed by atoms with Gasteiger partial charge in [0.1, 0.15) is 5.75 Å². The van der Waals surface area contributed by atoms with Crippen molar-refractivity contribution in [1.82, 2.24) is 0 Å². The second-order valence-corrected chi connectivity index (χ2v) is 6.56. The highest BCUT2D eigenvalue weighted by molar-refractivity contribution is 6.31. The van der Waals surface area contributed by atoms with Gasteiger partial charge in [-0.25, -0.2) is 0 Å². The van der Waals surface area contributed by atoms with Gasteiger partial charge in [-0.05, 0) is 55.0 Å². The van der Waals surface area contributed by atoms with Crippen molar-refractivity contribution in [1.29, 1.82) is 0 Å². The van der Waals surface area contributed by atoms with Crippen LogP contribution in [-0.4, -0.2) is 18.9 Å². The number of methoxy groups -OCH3 is 1. The van der Waals surface area contributed by atoms with Crippen molar-refractivity contribution >= 4 is 34.8 Å². The lowest BCUT2D eigenvalue weighted by atomic mass is 10.1. The Bertz CT molecular complexity index is 1000. The fourth-order valence-electron chi connectivity index (χ4n) is 2.62. The summed E-state index contributed by atoms with van der Waals surface area (Å²) in [4.78, 5) is 24.8. The van der Waals surface area contributed by atoms with Gasteiger partial charge in [0.2, 0.25) is 0 Å². The van der Waals surface area contributed by atoms with Crippen LogP contribution in [0.5, 0.6) is 5.75 Å². The molecule has 0 radical (unpaired) electrons. The number of rotatable bonds is 5. The molecular weight excluding hydrogens is 376 g/mol.